The van der Waals surface area contributed by atoms with Crippen LogP contribution in [0.1, 0.15) is 0 Å². The molecule has 6 heteroatoms. The third-order valence-corrected chi connectivity index (χ3v) is 3.84. The Kier molecular flexibility index (Phi) is 3.17. The van der Waals surface area contributed by atoms with Crippen molar-refractivity contribution in [3.05, 3.63) is 50.9 Å². The predicted molar refractivity (Wildman–Crippen MR) is 83.2 cm³/mol. The molecule has 0 amide bonds. The number of nitrogen functional groups attached to an aromatic ring is 1. The zero-order valence-electron chi connectivity index (χ0n) is 9.57. The van der Waals surface area contributed by atoms with Gasteiger partial charge in [0.15, 0.2) is 0 Å². The Balaban J connectivity index is 2.38. The molecule has 3 aromatic rings. The number of halogens is 3. The van der Waals surface area contributed by atoms with Gasteiger partial charge in [-0.05, 0) is 36.4 Å². The zero-order valence-corrected chi connectivity index (χ0v) is 12.7. The molecular weight excluding hydrogens is 349 g/mol. The SMILES string of the molecule is Nc1nc2ccc(Cl)cc2n1-c1cc(Br)ccc1Cl. The fourth-order valence-corrected chi connectivity index (χ4v) is 2.69. The van der Waals surface area contributed by atoms with Crippen molar-refractivity contribution < 1.29 is 0 Å². The Hall–Kier alpha value is -1.23. The summed E-state index contributed by atoms with van der Waals surface area (Å²) in [5, 5.41) is 1.22. The fourth-order valence-electron chi connectivity index (χ4n) is 1.98. The van der Waals surface area contributed by atoms with Crippen LogP contribution in [0.15, 0.2) is 40.9 Å². The van der Waals surface area contributed by atoms with E-state index >= 15 is 0 Å². The highest BCUT2D eigenvalue weighted by molar-refractivity contribution is 9.10. The number of nitrogens with zero attached hydrogens (tertiary/aromatic N) is 2. The summed E-state index contributed by atoms with van der Waals surface area (Å²) in [6.45, 7) is 0. The molecule has 2 aromatic carbocycles. The topological polar surface area (TPSA) is 43.8 Å². The van der Waals surface area contributed by atoms with Crippen molar-refractivity contribution >= 4 is 56.1 Å². The van der Waals surface area contributed by atoms with E-state index in [4.69, 9.17) is 28.9 Å². The predicted octanol–water partition coefficient (Wildman–Crippen LogP) is 4.68. The summed E-state index contributed by atoms with van der Waals surface area (Å²) in [7, 11) is 0. The normalized spacial score (nSPS) is 11.1. The third kappa shape index (κ3) is 2.20. The Labute approximate surface area is 128 Å². The molecule has 19 heavy (non-hydrogen) atoms. The van der Waals surface area contributed by atoms with E-state index in [9.17, 15) is 0 Å². The second kappa shape index (κ2) is 4.71. The summed E-state index contributed by atoms with van der Waals surface area (Å²) in [4.78, 5) is 4.31. The van der Waals surface area contributed by atoms with Gasteiger partial charge in [0.05, 0.1) is 21.7 Å². The van der Waals surface area contributed by atoms with Gasteiger partial charge in [0, 0.05) is 9.50 Å². The van der Waals surface area contributed by atoms with Gasteiger partial charge in [-0.25, -0.2) is 4.98 Å². The number of benzene rings is 2. The maximum absolute atomic E-state index is 6.24. The second-order valence-corrected chi connectivity index (χ2v) is 5.79. The first-order valence-corrected chi connectivity index (χ1v) is 7.00. The number of fused-ring (bicyclic) bond motifs is 1. The van der Waals surface area contributed by atoms with Crippen LogP contribution in [0.5, 0.6) is 0 Å². The van der Waals surface area contributed by atoms with Crippen molar-refractivity contribution in [2.24, 2.45) is 0 Å². The number of anilines is 1. The van der Waals surface area contributed by atoms with E-state index in [1.165, 1.54) is 0 Å². The van der Waals surface area contributed by atoms with Gasteiger partial charge in [0.25, 0.3) is 0 Å². The van der Waals surface area contributed by atoms with Crippen LogP contribution in [-0.2, 0) is 0 Å². The van der Waals surface area contributed by atoms with E-state index in [0.717, 1.165) is 21.2 Å². The van der Waals surface area contributed by atoms with Crippen molar-refractivity contribution in [1.82, 2.24) is 9.55 Å². The summed E-state index contributed by atoms with van der Waals surface area (Å²) < 4.78 is 2.70. The summed E-state index contributed by atoms with van der Waals surface area (Å²) in [5.74, 6) is 0.372. The summed E-state index contributed by atoms with van der Waals surface area (Å²) in [6, 6.07) is 11.0. The Morgan fingerprint density at radius 3 is 2.68 bits per heavy atom. The molecule has 96 valence electrons. The van der Waals surface area contributed by atoms with Crippen LogP contribution in [0.25, 0.3) is 16.7 Å². The van der Waals surface area contributed by atoms with Gasteiger partial charge in [-0.15, -0.1) is 0 Å². The number of imidazole rings is 1. The Morgan fingerprint density at radius 2 is 1.89 bits per heavy atom. The average Bonchev–Trinajstić information content (AvgIpc) is 2.68. The summed E-state index contributed by atoms with van der Waals surface area (Å²) in [5.41, 5.74) is 8.35. The number of nitrogens with two attached hydrogens (primary N) is 1. The first-order chi connectivity index (χ1) is 9.06. The molecule has 1 heterocycles. The van der Waals surface area contributed by atoms with E-state index in [1.54, 1.807) is 16.7 Å². The molecule has 0 saturated heterocycles. The van der Waals surface area contributed by atoms with Crippen molar-refractivity contribution in [2.45, 2.75) is 0 Å². The minimum atomic E-state index is 0.372. The van der Waals surface area contributed by atoms with E-state index in [0.29, 0.717) is 16.0 Å². The van der Waals surface area contributed by atoms with Gasteiger partial charge in [-0.2, -0.15) is 0 Å². The first-order valence-electron chi connectivity index (χ1n) is 5.45. The molecule has 3 nitrogen and oxygen atoms in total. The van der Waals surface area contributed by atoms with E-state index < -0.39 is 0 Å². The minimum absolute atomic E-state index is 0.372. The molecule has 1 aromatic heterocycles. The fraction of sp³-hybridized carbons (Fsp3) is 0. The second-order valence-electron chi connectivity index (χ2n) is 4.03. The lowest BCUT2D eigenvalue weighted by molar-refractivity contribution is 1.11. The average molecular weight is 357 g/mol. The Morgan fingerprint density at radius 1 is 1.11 bits per heavy atom. The van der Waals surface area contributed by atoms with Gasteiger partial charge in [-0.3, -0.25) is 4.57 Å². The van der Waals surface area contributed by atoms with Crippen molar-refractivity contribution in [1.29, 1.82) is 0 Å². The third-order valence-electron chi connectivity index (χ3n) is 2.79. The van der Waals surface area contributed by atoms with Crippen LogP contribution in [0.3, 0.4) is 0 Å². The van der Waals surface area contributed by atoms with Gasteiger partial charge in [-0.1, -0.05) is 39.1 Å². The summed E-state index contributed by atoms with van der Waals surface area (Å²) >= 11 is 15.7. The quantitative estimate of drug-likeness (QED) is 0.688. The van der Waals surface area contributed by atoms with E-state index in [-0.39, 0.29) is 0 Å². The minimum Gasteiger partial charge on any atom is -0.369 e. The molecule has 0 bridgehead atoms. The van der Waals surface area contributed by atoms with Gasteiger partial charge in [0.2, 0.25) is 5.95 Å². The molecule has 0 spiro atoms. The summed E-state index contributed by atoms with van der Waals surface area (Å²) in [6.07, 6.45) is 0. The molecule has 0 unspecified atom stereocenters. The van der Waals surface area contributed by atoms with Gasteiger partial charge >= 0.3 is 0 Å². The van der Waals surface area contributed by atoms with Crippen LogP contribution in [0, 0.1) is 0 Å². The smallest absolute Gasteiger partial charge is 0.205 e. The zero-order chi connectivity index (χ0) is 13.6. The van der Waals surface area contributed by atoms with E-state index in [2.05, 4.69) is 20.9 Å². The molecule has 2 N–H and O–H groups in total. The van der Waals surface area contributed by atoms with Gasteiger partial charge in [0.1, 0.15) is 0 Å². The first kappa shape index (κ1) is 12.8. The maximum atomic E-state index is 6.24. The molecule has 0 saturated carbocycles. The molecule has 0 aliphatic rings. The number of hydrogen-bond acceptors (Lipinski definition) is 2. The van der Waals surface area contributed by atoms with Crippen molar-refractivity contribution in [3.8, 4) is 5.69 Å². The molecule has 0 fully saturated rings. The number of rotatable bonds is 1. The highest BCUT2D eigenvalue weighted by Crippen LogP contribution is 2.31. The standard InChI is InChI=1S/C13H8BrCl2N3/c14-7-1-3-9(16)11(5-7)19-12-6-8(15)2-4-10(12)18-13(19)17/h1-6H,(H2,17,18). The molecule has 0 aliphatic carbocycles. The maximum Gasteiger partial charge on any atom is 0.205 e. The van der Waals surface area contributed by atoms with Crippen LogP contribution in [-0.4, -0.2) is 9.55 Å². The highest BCUT2D eigenvalue weighted by atomic mass is 79.9. The Bertz CT molecular complexity index is 783. The molecule has 0 radical (unpaired) electrons. The lowest BCUT2D eigenvalue weighted by atomic mass is 10.3. The number of aromatic nitrogens is 2. The molecule has 0 atom stereocenters. The van der Waals surface area contributed by atoms with Crippen LogP contribution >= 0.6 is 39.1 Å². The number of hydrogen-bond donors (Lipinski definition) is 1. The highest BCUT2D eigenvalue weighted by Gasteiger charge is 2.13. The van der Waals surface area contributed by atoms with Crippen LogP contribution in [0.2, 0.25) is 10.0 Å². The molecule has 3 rings (SSSR count). The monoisotopic (exact) mass is 355 g/mol. The lowest BCUT2D eigenvalue weighted by Gasteiger charge is -2.09. The van der Waals surface area contributed by atoms with E-state index in [1.807, 2.05) is 24.3 Å². The van der Waals surface area contributed by atoms with Crippen LogP contribution < -0.4 is 5.73 Å². The van der Waals surface area contributed by atoms with Crippen LogP contribution in [0.4, 0.5) is 5.95 Å². The largest absolute Gasteiger partial charge is 0.369 e. The van der Waals surface area contributed by atoms with Gasteiger partial charge < -0.3 is 5.73 Å². The molecular formula is C13H8BrCl2N3. The van der Waals surface area contributed by atoms with Crippen molar-refractivity contribution in [2.75, 3.05) is 5.73 Å². The molecule has 0 aliphatic heterocycles. The lowest BCUT2D eigenvalue weighted by Crippen LogP contribution is -2.01. The van der Waals surface area contributed by atoms with Crippen molar-refractivity contribution in [3.63, 3.8) is 0 Å².